The van der Waals surface area contributed by atoms with Gasteiger partial charge in [-0.25, -0.2) is 4.79 Å². The molecule has 1 aliphatic rings. The Balaban J connectivity index is 2.12. The van der Waals surface area contributed by atoms with E-state index in [4.69, 9.17) is 32.7 Å². The van der Waals surface area contributed by atoms with Crippen LogP contribution in [0.4, 0.5) is 0 Å². The quantitative estimate of drug-likeness (QED) is 0.638. The summed E-state index contributed by atoms with van der Waals surface area (Å²) in [5.74, 6) is 0.0798. The molecule has 0 atom stereocenters. The lowest BCUT2D eigenvalue weighted by Gasteiger charge is -2.26. The fourth-order valence-electron chi connectivity index (χ4n) is 2.62. The van der Waals surface area contributed by atoms with E-state index in [1.807, 2.05) is 0 Å². The summed E-state index contributed by atoms with van der Waals surface area (Å²) in [5.41, 5.74) is -0.233. The van der Waals surface area contributed by atoms with Crippen molar-refractivity contribution in [3.05, 3.63) is 81.9 Å². The van der Waals surface area contributed by atoms with Gasteiger partial charge in [-0.05, 0) is 67.6 Å². The monoisotopic (exact) mass is 399 g/mol. The van der Waals surface area contributed by atoms with Crippen LogP contribution in [0, 0.1) is 16.7 Å². The Bertz CT molecular complexity index is 893. The average Bonchev–Trinajstić information content (AvgIpc) is 2.69. The minimum atomic E-state index is -1.60. The molecule has 1 heterocycles. The predicted molar refractivity (Wildman–Crippen MR) is 105 cm³/mol. The first-order valence-corrected chi connectivity index (χ1v) is 8.97. The molecule has 0 aliphatic carbocycles. The normalized spacial score (nSPS) is 15.0. The minimum absolute atomic E-state index is 0.164. The number of ether oxygens (including phenoxy) is 2. The van der Waals surface area contributed by atoms with Gasteiger partial charge in [0, 0.05) is 21.2 Å². The topological polar surface area (TPSA) is 59.3 Å². The maximum atomic E-state index is 12.6. The third kappa shape index (κ3) is 4.00. The van der Waals surface area contributed by atoms with Crippen molar-refractivity contribution in [2.24, 2.45) is 5.41 Å². The van der Waals surface area contributed by atoms with Crippen LogP contribution in [0.1, 0.15) is 18.1 Å². The van der Waals surface area contributed by atoms with Crippen molar-refractivity contribution in [1.29, 1.82) is 5.26 Å². The number of nitriles is 1. The van der Waals surface area contributed by atoms with Crippen LogP contribution in [0.25, 0.3) is 11.5 Å². The average molecular weight is 400 g/mol. The van der Waals surface area contributed by atoms with E-state index in [9.17, 15) is 10.1 Å². The Labute approximate surface area is 167 Å². The molecule has 2 aromatic rings. The van der Waals surface area contributed by atoms with Crippen LogP contribution in [0.5, 0.6) is 0 Å². The van der Waals surface area contributed by atoms with Crippen LogP contribution in [0.2, 0.25) is 10.0 Å². The number of halogens is 2. The van der Waals surface area contributed by atoms with Crippen molar-refractivity contribution in [2.75, 3.05) is 6.61 Å². The fourth-order valence-corrected chi connectivity index (χ4v) is 2.88. The third-order valence-electron chi connectivity index (χ3n) is 3.99. The second-order valence-corrected chi connectivity index (χ2v) is 6.71. The molecule has 0 saturated carbocycles. The van der Waals surface area contributed by atoms with Gasteiger partial charge in [-0.1, -0.05) is 23.2 Å². The second kappa shape index (κ2) is 7.87. The van der Waals surface area contributed by atoms with Gasteiger partial charge in [0.25, 0.3) is 0 Å². The summed E-state index contributed by atoms with van der Waals surface area (Å²) in [6.45, 7) is 1.85. The van der Waals surface area contributed by atoms with E-state index in [0.717, 1.165) is 0 Å². The Hall–Kier alpha value is -2.74. The number of rotatable bonds is 4. The highest BCUT2D eigenvalue weighted by molar-refractivity contribution is 6.30. The van der Waals surface area contributed by atoms with Crippen molar-refractivity contribution >= 4 is 40.7 Å². The molecular formula is C21H15Cl2NO3. The first-order valence-electron chi connectivity index (χ1n) is 8.21. The van der Waals surface area contributed by atoms with Gasteiger partial charge in [-0.2, -0.15) is 5.26 Å². The van der Waals surface area contributed by atoms with Crippen molar-refractivity contribution in [2.45, 2.75) is 6.92 Å². The highest BCUT2D eigenvalue weighted by Gasteiger charge is 2.41. The zero-order valence-electron chi connectivity index (χ0n) is 14.4. The predicted octanol–water partition coefficient (Wildman–Crippen LogP) is 5.48. The van der Waals surface area contributed by atoms with Crippen molar-refractivity contribution < 1.29 is 14.3 Å². The van der Waals surface area contributed by atoms with Gasteiger partial charge < -0.3 is 9.47 Å². The molecule has 0 unspecified atom stereocenters. The molecule has 27 heavy (non-hydrogen) atoms. The minimum Gasteiger partial charge on any atom is -0.464 e. The number of carbonyl (C=O) groups excluding carboxylic acids is 1. The maximum Gasteiger partial charge on any atom is 0.334 e. The molecule has 6 heteroatoms. The number of carbonyl (C=O) groups is 1. The largest absolute Gasteiger partial charge is 0.464 e. The Morgan fingerprint density at radius 2 is 1.44 bits per heavy atom. The van der Waals surface area contributed by atoms with Gasteiger partial charge in [-0.3, -0.25) is 0 Å². The van der Waals surface area contributed by atoms with Gasteiger partial charge >= 0.3 is 5.97 Å². The highest BCUT2D eigenvalue weighted by atomic mass is 35.5. The number of nitrogens with zero attached hydrogens (tertiary/aromatic N) is 1. The van der Waals surface area contributed by atoms with Crippen LogP contribution in [0.15, 0.2) is 60.7 Å². The number of esters is 1. The molecule has 0 aromatic heterocycles. The molecule has 2 aromatic carbocycles. The molecule has 0 saturated heterocycles. The van der Waals surface area contributed by atoms with Gasteiger partial charge in [0.15, 0.2) is 5.41 Å². The van der Waals surface area contributed by atoms with E-state index in [1.54, 1.807) is 55.5 Å². The van der Waals surface area contributed by atoms with E-state index in [0.29, 0.717) is 32.7 Å². The highest BCUT2D eigenvalue weighted by Crippen LogP contribution is 2.39. The Morgan fingerprint density at radius 3 is 1.81 bits per heavy atom. The molecule has 1 aliphatic heterocycles. The summed E-state index contributed by atoms with van der Waals surface area (Å²) in [4.78, 5) is 12.6. The lowest BCUT2D eigenvalue weighted by Crippen LogP contribution is -2.30. The van der Waals surface area contributed by atoms with E-state index < -0.39 is 11.4 Å². The second-order valence-electron chi connectivity index (χ2n) is 5.83. The third-order valence-corrected chi connectivity index (χ3v) is 4.50. The maximum absolute atomic E-state index is 12.6. The molecule has 4 nitrogen and oxygen atoms in total. The standard InChI is InChI=1S/C21H15Cl2NO3/c1-2-26-20(25)21(13-24)11-18(14-3-7-16(22)8-4-14)27-19(12-21)15-5-9-17(23)10-6-15/h3-12H,2H2,1H3. The summed E-state index contributed by atoms with van der Waals surface area (Å²) >= 11 is 11.9. The van der Waals surface area contributed by atoms with Gasteiger partial charge in [-0.15, -0.1) is 0 Å². The lowest BCUT2D eigenvalue weighted by atomic mass is 9.85. The molecule has 3 rings (SSSR count). The first kappa shape index (κ1) is 19.0. The first-order chi connectivity index (χ1) is 13.0. The van der Waals surface area contributed by atoms with Crippen LogP contribution >= 0.6 is 23.2 Å². The van der Waals surface area contributed by atoms with Crippen molar-refractivity contribution in [3.63, 3.8) is 0 Å². The molecule has 0 fully saturated rings. The number of benzene rings is 2. The summed E-state index contributed by atoms with van der Waals surface area (Å²) < 4.78 is 11.1. The lowest BCUT2D eigenvalue weighted by molar-refractivity contribution is -0.147. The van der Waals surface area contributed by atoms with E-state index in [1.165, 1.54) is 12.2 Å². The molecule has 0 spiro atoms. The zero-order chi connectivity index (χ0) is 19.4. The number of hydrogen-bond acceptors (Lipinski definition) is 4. The summed E-state index contributed by atoms with van der Waals surface area (Å²) in [6.07, 6.45) is 2.93. The number of hydrogen-bond donors (Lipinski definition) is 0. The molecule has 136 valence electrons. The van der Waals surface area contributed by atoms with E-state index >= 15 is 0 Å². The van der Waals surface area contributed by atoms with E-state index in [-0.39, 0.29) is 6.61 Å². The zero-order valence-corrected chi connectivity index (χ0v) is 15.9. The van der Waals surface area contributed by atoms with E-state index in [2.05, 4.69) is 6.07 Å². The van der Waals surface area contributed by atoms with Crippen LogP contribution < -0.4 is 0 Å². The van der Waals surface area contributed by atoms with Gasteiger partial charge in [0.1, 0.15) is 11.5 Å². The Morgan fingerprint density at radius 1 is 1.00 bits per heavy atom. The van der Waals surface area contributed by atoms with Crippen LogP contribution in [-0.4, -0.2) is 12.6 Å². The fraction of sp³-hybridized carbons (Fsp3) is 0.143. The van der Waals surface area contributed by atoms with Crippen molar-refractivity contribution in [3.8, 4) is 6.07 Å². The molecule has 0 N–H and O–H groups in total. The summed E-state index contributed by atoms with van der Waals surface area (Å²) in [5, 5.41) is 11.0. The SMILES string of the molecule is CCOC(=O)C1(C#N)C=C(c2ccc(Cl)cc2)OC(c2ccc(Cl)cc2)=C1. The van der Waals surface area contributed by atoms with Gasteiger partial charge in [0.2, 0.25) is 0 Å². The van der Waals surface area contributed by atoms with Crippen LogP contribution in [-0.2, 0) is 14.3 Å². The molecular weight excluding hydrogens is 385 g/mol. The van der Waals surface area contributed by atoms with Crippen LogP contribution in [0.3, 0.4) is 0 Å². The van der Waals surface area contributed by atoms with Crippen molar-refractivity contribution in [1.82, 2.24) is 0 Å². The Kier molecular flexibility index (Phi) is 5.55. The smallest absolute Gasteiger partial charge is 0.334 e. The van der Waals surface area contributed by atoms with Gasteiger partial charge in [0.05, 0.1) is 12.7 Å². The summed E-state index contributed by atoms with van der Waals surface area (Å²) in [6, 6.07) is 15.9. The molecule has 0 radical (unpaired) electrons. The molecule has 0 amide bonds. The summed E-state index contributed by atoms with van der Waals surface area (Å²) in [7, 11) is 0. The molecule has 0 bridgehead atoms.